The smallest absolute Gasteiger partial charge is 0.317 e. The molecule has 30 heavy (non-hydrogen) atoms. The molecular formula is C24H28N4O2. The Labute approximate surface area is 177 Å². The van der Waals surface area contributed by atoms with Crippen molar-refractivity contribution in [2.24, 2.45) is 7.05 Å². The molecule has 6 heteroatoms. The summed E-state index contributed by atoms with van der Waals surface area (Å²) in [6, 6.07) is 18.2. The molecule has 2 amide bonds. The first-order valence-electron chi connectivity index (χ1n) is 10.5. The molecular weight excluding hydrogens is 376 g/mol. The Kier molecular flexibility index (Phi) is 5.74. The molecule has 1 aromatic heterocycles. The molecule has 0 spiro atoms. The summed E-state index contributed by atoms with van der Waals surface area (Å²) in [6.45, 7) is 5.04. The lowest BCUT2D eigenvalue weighted by Crippen LogP contribution is -2.40. The Morgan fingerprint density at radius 1 is 1.20 bits per heavy atom. The number of hydrogen-bond donors (Lipinski definition) is 1. The SMILES string of the molecule is CCNC(=O)N(Cc1c(-c2ccccc2)nn(C)c1Oc1cccc(C)c1)C1CC1. The predicted molar refractivity (Wildman–Crippen MR) is 118 cm³/mol. The number of urea groups is 1. The number of rotatable bonds is 7. The van der Waals surface area contributed by atoms with Gasteiger partial charge in [-0.1, -0.05) is 42.5 Å². The largest absolute Gasteiger partial charge is 0.439 e. The van der Waals surface area contributed by atoms with E-state index in [0.29, 0.717) is 19.0 Å². The second kappa shape index (κ2) is 8.61. The fourth-order valence-corrected chi connectivity index (χ4v) is 3.62. The van der Waals surface area contributed by atoms with Gasteiger partial charge in [0, 0.05) is 25.2 Å². The molecule has 0 aliphatic heterocycles. The zero-order valence-electron chi connectivity index (χ0n) is 17.8. The highest BCUT2D eigenvalue weighted by Crippen LogP contribution is 2.37. The number of amides is 2. The number of aryl methyl sites for hydroxylation is 2. The van der Waals surface area contributed by atoms with E-state index in [1.807, 2.05) is 80.4 Å². The molecule has 3 aromatic rings. The van der Waals surface area contributed by atoms with E-state index in [1.54, 1.807) is 4.68 Å². The van der Waals surface area contributed by atoms with Gasteiger partial charge in [0.15, 0.2) is 0 Å². The first-order valence-corrected chi connectivity index (χ1v) is 10.5. The van der Waals surface area contributed by atoms with E-state index in [2.05, 4.69) is 5.32 Å². The highest BCUT2D eigenvalue weighted by molar-refractivity contribution is 5.76. The summed E-state index contributed by atoms with van der Waals surface area (Å²) in [4.78, 5) is 14.7. The maximum atomic E-state index is 12.7. The highest BCUT2D eigenvalue weighted by Gasteiger charge is 2.34. The van der Waals surface area contributed by atoms with Crippen LogP contribution in [0.5, 0.6) is 11.6 Å². The van der Waals surface area contributed by atoms with E-state index in [-0.39, 0.29) is 12.1 Å². The fraction of sp³-hybridized carbons (Fsp3) is 0.333. The number of nitrogens with zero attached hydrogens (tertiary/aromatic N) is 3. The van der Waals surface area contributed by atoms with Gasteiger partial charge in [0.25, 0.3) is 0 Å². The fourth-order valence-electron chi connectivity index (χ4n) is 3.62. The molecule has 0 saturated heterocycles. The van der Waals surface area contributed by atoms with Gasteiger partial charge in [0.05, 0.1) is 12.1 Å². The van der Waals surface area contributed by atoms with Crippen LogP contribution in [0.2, 0.25) is 0 Å². The zero-order valence-corrected chi connectivity index (χ0v) is 17.8. The summed E-state index contributed by atoms with van der Waals surface area (Å²) in [5.41, 5.74) is 3.90. The van der Waals surface area contributed by atoms with Crippen molar-refractivity contribution >= 4 is 6.03 Å². The van der Waals surface area contributed by atoms with Gasteiger partial charge in [-0.15, -0.1) is 0 Å². The second-order valence-electron chi connectivity index (χ2n) is 7.74. The van der Waals surface area contributed by atoms with Gasteiger partial charge in [-0.3, -0.25) is 0 Å². The summed E-state index contributed by atoms with van der Waals surface area (Å²) in [5.74, 6) is 1.42. The van der Waals surface area contributed by atoms with Crippen LogP contribution < -0.4 is 10.1 Å². The van der Waals surface area contributed by atoms with Crippen LogP contribution in [0.25, 0.3) is 11.3 Å². The number of ether oxygens (including phenoxy) is 1. The van der Waals surface area contributed by atoms with E-state index in [4.69, 9.17) is 9.84 Å². The Hall–Kier alpha value is -3.28. The van der Waals surface area contributed by atoms with Crippen molar-refractivity contribution in [3.05, 3.63) is 65.7 Å². The number of carbonyl (C=O) groups excluding carboxylic acids is 1. The monoisotopic (exact) mass is 404 g/mol. The minimum atomic E-state index is -0.0376. The second-order valence-corrected chi connectivity index (χ2v) is 7.74. The summed E-state index contributed by atoms with van der Waals surface area (Å²) in [7, 11) is 1.88. The first kappa shape index (κ1) is 20.0. The normalized spacial score (nSPS) is 13.2. The summed E-state index contributed by atoms with van der Waals surface area (Å²) in [6.07, 6.45) is 2.07. The van der Waals surface area contributed by atoms with E-state index in [1.165, 1.54) is 0 Å². The molecule has 156 valence electrons. The lowest BCUT2D eigenvalue weighted by Gasteiger charge is -2.23. The molecule has 0 unspecified atom stereocenters. The minimum Gasteiger partial charge on any atom is -0.439 e. The molecule has 1 heterocycles. The average Bonchev–Trinajstić information content (AvgIpc) is 3.53. The maximum absolute atomic E-state index is 12.7. The van der Waals surface area contributed by atoms with E-state index < -0.39 is 0 Å². The molecule has 2 aromatic carbocycles. The van der Waals surface area contributed by atoms with Crippen LogP contribution in [0.4, 0.5) is 4.79 Å². The highest BCUT2D eigenvalue weighted by atomic mass is 16.5. The van der Waals surface area contributed by atoms with Gasteiger partial charge in [0.1, 0.15) is 11.4 Å². The lowest BCUT2D eigenvalue weighted by atomic mass is 10.1. The van der Waals surface area contributed by atoms with Gasteiger partial charge < -0.3 is 15.0 Å². The van der Waals surface area contributed by atoms with Gasteiger partial charge in [-0.25, -0.2) is 9.48 Å². The van der Waals surface area contributed by atoms with E-state index in [0.717, 1.165) is 41.0 Å². The molecule has 0 radical (unpaired) electrons. The topological polar surface area (TPSA) is 59.4 Å². The van der Waals surface area contributed by atoms with Crippen LogP contribution in [0.15, 0.2) is 54.6 Å². The Bertz CT molecular complexity index is 1020. The van der Waals surface area contributed by atoms with Crippen LogP contribution in [0, 0.1) is 6.92 Å². The number of aromatic nitrogens is 2. The minimum absolute atomic E-state index is 0.0376. The maximum Gasteiger partial charge on any atom is 0.317 e. The van der Waals surface area contributed by atoms with Gasteiger partial charge in [-0.05, 0) is 44.4 Å². The van der Waals surface area contributed by atoms with Crippen molar-refractivity contribution in [1.82, 2.24) is 20.0 Å². The van der Waals surface area contributed by atoms with Crippen molar-refractivity contribution < 1.29 is 9.53 Å². The zero-order chi connectivity index (χ0) is 21.1. The summed E-state index contributed by atoms with van der Waals surface area (Å²) < 4.78 is 8.07. The Balaban J connectivity index is 1.75. The summed E-state index contributed by atoms with van der Waals surface area (Å²) >= 11 is 0. The Morgan fingerprint density at radius 2 is 1.97 bits per heavy atom. The van der Waals surface area contributed by atoms with Crippen molar-refractivity contribution in [1.29, 1.82) is 0 Å². The lowest BCUT2D eigenvalue weighted by molar-refractivity contribution is 0.192. The molecule has 1 fully saturated rings. The van der Waals surface area contributed by atoms with Crippen LogP contribution in [0.3, 0.4) is 0 Å². The quantitative estimate of drug-likeness (QED) is 0.610. The van der Waals surface area contributed by atoms with Crippen molar-refractivity contribution in [3.8, 4) is 22.9 Å². The average molecular weight is 405 g/mol. The van der Waals surface area contributed by atoms with Crippen LogP contribution in [-0.2, 0) is 13.6 Å². The molecule has 1 N–H and O–H groups in total. The van der Waals surface area contributed by atoms with Crippen molar-refractivity contribution in [2.45, 2.75) is 39.3 Å². The number of benzene rings is 2. The molecule has 1 saturated carbocycles. The third-order valence-corrected chi connectivity index (χ3v) is 5.24. The third kappa shape index (κ3) is 4.32. The predicted octanol–water partition coefficient (Wildman–Crippen LogP) is 4.88. The molecule has 1 aliphatic carbocycles. The molecule has 0 atom stereocenters. The van der Waals surface area contributed by atoms with Crippen molar-refractivity contribution in [3.63, 3.8) is 0 Å². The van der Waals surface area contributed by atoms with Crippen LogP contribution in [-0.4, -0.2) is 33.3 Å². The van der Waals surface area contributed by atoms with Gasteiger partial charge >= 0.3 is 6.03 Å². The number of nitrogens with one attached hydrogen (secondary N) is 1. The summed E-state index contributed by atoms with van der Waals surface area (Å²) in [5, 5.41) is 7.72. The standard InChI is InChI=1S/C24H28N4O2/c1-4-25-24(29)28(19-13-14-19)16-21-22(18-10-6-5-7-11-18)26-27(3)23(21)30-20-12-8-9-17(2)15-20/h5-12,15,19H,4,13-14,16H2,1-3H3,(H,25,29). The van der Waals surface area contributed by atoms with E-state index >= 15 is 0 Å². The van der Waals surface area contributed by atoms with Gasteiger partial charge in [0.2, 0.25) is 5.88 Å². The Morgan fingerprint density at radius 3 is 2.63 bits per heavy atom. The third-order valence-electron chi connectivity index (χ3n) is 5.24. The van der Waals surface area contributed by atoms with Gasteiger partial charge in [-0.2, -0.15) is 5.10 Å². The molecule has 6 nitrogen and oxygen atoms in total. The molecule has 4 rings (SSSR count). The molecule has 0 bridgehead atoms. The molecule has 1 aliphatic rings. The number of carbonyl (C=O) groups is 1. The van der Waals surface area contributed by atoms with E-state index in [9.17, 15) is 4.79 Å². The van der Waals surface area contributed by atoms with Crippen molar-refractivity contribution in [2.75, 3.05) is 6.54 Å². The van der Waals surface area contributed by atoms with Crippen LogP contribution in [0.1, 0.15) is 30.9 Å². The van der Waals surface area contributed by atoms with Crippen LogP contribution >= 0.6 is 0 Å². The first-order chi connectivity index (χ1) is 14.6. The number of hydrogen-bond acceptors (Lipinski definition) is 3.